The molecule has 0 radical (unpaired) electrons. The number of para-hydroxylation sites is 1. The first-order chi connectivity index (χ1) is 14.9. The van der Waals surface area contributed by atoms with Crippen molar-refractivity contribution in [3.8, 4) is 0 Å². The topological polar surface area (TPSA) is 109 Å². The van der Waals surface area contributed by atoms with Gasteiger partial charge in [-0.2, -0.15) is 0 Å². The Morgan fingerprint density at radius 3 is 2.65 bits per heavy atom. The van der Waals surface area contributed by atoms with E-state index < -0.39 is 11.8 Å². The third-order valence-electron chi connectivity index (χ3n) is 4.90. The summed E-state index contributed by atoms with van der Waals surface area (Å²) in [6.45, 7) is 5.66. The van der Waals surface area contributed by atoms with Crippen LogP contribution in [0.4, 0.5) is 0 Å². The molecule has 0 aliphatic rings. The molecule has 0 bridgehead atoms. The van der Waals surface area contributed by atoms with Crippen molar-refractivity contribution in [3.63, 3.8) is 0 Å². The number of carbonyl (C=O) groups is 2. The lowest BCUT2D eigenvalue weighted by molar-refractivity contribution is 0.0831. The lowest BCUT2D eigenvalue weighted by Gasteiger charge is -2.09. The van der Waals surface area contributed by atoms with Gasteiger partial charge in [0.2, 0.25) is 0 Å². The summed E-state index contributed by atoms with van der Waals surface area (Å²) in [7, 11) is 0. The Balaban J connectivity index is 1.55. The number of aromatic nitrogens is 2. The summed E-state index contributed by atoms with van der Waals surface area (Å²) in [5.74, 6) is -1.01. The summed E-state index contributed by atoms with van der Waals surface area (Å²) in [4.78, 5) is 40.5. The Bertz CT molecular complexity index is 1480. The maximum absolute atomic E-state index is 12.6. The van der Waals surface area contributed by atoms with Crippen LogP contribution in [0.15, 0.2) is 64.3 Å². The average molecular weight is 434 g/mol. The Labute approximate surface area is 181 Å². The van der Waals surface area contributed by atoms with E-state index in [2.05, 4.69) is 22.4 Å². The lowest BCUT2D eigenvalue weighted by Crippen LogP contribution is -2.41. The molecule has 156 valence electrons. The average Bonchev–Trinajstić information content (AvgIpc) is 3.11. The predicted octanol–water partition coefficient (Wildman–Crippen LogP) is 3.37. The number of allylic oxidation sites excluding steroid dienone is 1. The molecule has 0 unspecified atom stereocenters. The maximum Gasteiger partial charge on any atom is 0.305 e. The molecule has 0 atom stereocenters. The quantitative estimate of drug-likeness (QED) is 0.259. The highest BCUT2D eigenvalue weighted by molar-refractivity contribution is 7.71. The second-order valence-electron chi connectivity index (χ2n) is 6.86. The van der Waals surface area contributed by atoms with Gasteiger partial charge in [-0.25, -0.2) is 0 Å². The maximum atomic E-state index is 12.6. The predicted molar refractivity (Wildman–Crippen MR) is 119 cm³/mol. The lowest BCUT2D eigenvalue weighted by atomic mass is 10.1. The number of aryl methyl sites for hydroxylation is 1. The highest BCUT2D eigenvalue weighted by atomic mass is 32.1. The van der Waals surface area contributed by atoms with Crippen molar-refractivity contribution in [3.05, 3.63) is 87.1 Å². The van der Waals surface area contributed by atoms with Crippen molar-refractivity contribution in [1.82, 2.24) is 20.4 Å². The number of H-pyrrole nitrogens is 1. The van der Waals surface area contributed by atoms with Gasteiger partial charge >= 0.3 is 5.91 Å². The molecule has 8 nitrogen and oxygen atoms in total. The molecule has 0 fully saturated rings. The van der Waals surface area contributed by atoms with Crippen LogP contribution in [0.2, 0.25) is 0 Å². The first-order valence-corrected chi connectivity index (χ1v) is 9.78. The SMILES string of the molecule is C=CCn1c(=S)[nH]c2cc(C(=O)NNC(=O)c3oc4ccccc4c3C)ccc2c1=O. The van der Waals surface area contributed by atoms with Crippen LogP contribution in [-0.2, 0) is 6.54 Å². The number of nitrogens with zero attached hydrogens (tertiary/aromatic N) is 1. The van der Waals surface area contributed by atoms with Gasteiger partial charge in [-0.15, -0.1) is 6.58 Å². The summed E-state index contributed by atoms with van der Waals surface area (Å²) in [5.41, 5.74) is 6.36. The number of hydrogen-bond acceptors (Lipinski definition) is 5. The van der Waals surface area contributed by atoms with Gasteiger partial charge in [-0.3, -0.25) is 29.8 Å². The number of aromatic amines is 1. The minimum absolute atomic E-state index is 0.117. The number of rotatable bonds is 4. The summed E-state index contributed by atoms with van der Waals surface area (Å²) in [6.07, 6.45) is 1.57. The fraction of sp³-hybridized carbons (Fsp3) is 0.0909. The fourth-order valence-electron chi connectivity index (χ4n) is 3.32. The fourth-order valence-corrected chi connectivity index (χ4v) is 3.59. The number of furan rings is 1. The van der Waals surface area contributed by atoms with Gasteiger partial charge in [-0.05, 0) is 43.4 Å². The summed E-state index contributed by atoms with van der Waals surface area (Å²) in [5, 5.41) is 1.21. The molecule has 9 heteroatoms. The molecule has 2 aromatic heterocycles. The van der Waals surface area contributed by atoms with Crippen LogP contribution in [0.1, 0.15) is 26.5 Å². The van der Waals surface area contributed by atoms with Gasteiger partial charge in [0.1, 0.15) is 5.58 Å². The minimum Gasteiger partial charge on any atom is -0.451 e. The van der Waals surface area contributed by atoms with Crippen LogP contribution in [0.25, 0.3) is 21.9 Å². The molecule has 3 N–H and O–H groups in total. The largest absolute Gasteiger partial charge is 0.451 e. The smallest absolute Gasteiger partial charge is 0.305 e. The number of hydrogen-bond donors (Lipinski definition) is 3. The van der Waals surface area contributed by atoms with E-state index in [1.807, 2.05) is 18.2 Å². The Morgan fingerprint density at radius 2 is 1.90 bits per heavy atom. The molecule has 0 aliphatic carbocycles. The first kappa shape index (κ1) is 20.3. The normalized spacial score (nSPS) is 10.9. The highest BCUT2D eigenvalue weighted by Crippen LogP contribution is 2.24. The number of nitrogens with one attached hydrogen (secondary N) is 3. The van der Waals surface area contributed by atoms with E-state index in [9.17, 15) is 14.4 Å². The molecule has 4 rings (SSSR count). The van der Waals surface area contributed by atoms with Crippen molar-refractivity contribution in [1.29, 1.82) is 0 Å². The highest BCUT2D eigenvalue weighted by Gasteiger charge is 2.18. The van der Waals surface area contributed by atoms with Gasteiger partial charge in [0.15, 0.2) is 10.5 Å². The van der Waals surface area contributed by atoms with E-state index in [-0.39, 0.29) is 28.2 Å². The zero-order chi connectivity index (χ0) is 22.1. The molecular weight excluding hydrogens is 416 g/mol. The second-order valence-corrected chi connectivity index (χ2v) is 7.24. The summed E-state index contributed by atoms with van der Waals surface area (Å²) >= 11 is 5.21. The standard InChI is InChI=1S/C22H18N4O4S/c1-3-10-26-21(29)15-9-8-13(11-16(15)23-22(26)31)19(27)24-25-20(28)18-12(2)14-6-4-5-7-17(14)30-18/h3-9,11H,1,10H2,2H3,(H,23,31)(H,24,27)(H,25,28). The zero-order valence-electron chi connectivity index (χ0n) is 16.5. The van der Waals surface area contributed by atoms with Gasteiger partial charge in [0.05, 0.1) is 10.9 Å². The number of amides is 2. The molecule has 2 aromatic carbocycles. The molecule has 0 aliphatic heterocycles. The van der Waals surface area contributed by atoms with E-state index in [1.165, 1.54) is 22.8 Å². The van der Waals surface area contributed by atoms with E-state index in [0.717, 1.165) is 5.39 Å². The van der Waals surface area contributed by atoms with Gasteiger partial charge in [-0.1, -0.05) is 24.3 Å². The molecule has 31 heavy (non-hydrogen) atoms. The number of benzene rings is 2. The van der Waals surface area contributed by atoms with Crippen LogP contribution >= 0.6 is 12.2 Å². The molecule has 0 saturated carbocycles. The van der Waals surface area contributed by atoms with Crippen molar-refractivity contribution in [2.75, 3.05) is 0 Å². The number of fused-ring (bicyclic) bond motifs is 2. The first-order valence-electron chi connectivity index (χ1n) is 9.37. The molecule has 0 saturated heterocycles. The third-order valence-corrected chi connectivity index (χ3v) is 5.22. The molecule has 0 spiro atoms. The van der Waals surface area contributed by atoms with Crippen LogP contribution in [0, 0.1) is 11.7 Å². The Morgan fingerprint density at radius 1 is 1.16 bits per heavy atom. The van der Waals surface area contributed by atoms with E-state index >= 15 is 0 Å². The van der Waals surface area contributed by atoms with Crippen molar-refractivity contribution >= 4 is 45.9 Å². The zero-order valence-corrected chi connectivity index (χ0v) is 17.3. The third kappa shape index (κ3) is 3.66. The second kappa shape index (κ2) is 8.04. The number of hydrazine groups is 1. The van der Waals surface area contributed by atoms with Crippen LogP contribution in [0.3, 0.4) is 0 Å². The van der Waals surface area contributed by atoms with Crippen LogP contribution < -0.4 is 16.4 Å². The molecule has 2 heterocycles. The molecular formula is C22H18N4O4S. The summed E-state index contributed by atoms with van der Waals surface area (Å²) in [6, 6.07) is 11.8. The summed E-state index contributed by atoms with van der Waals surface area (Å²) < 4.78 is 7.19. The monoisotopic (exact) mass is 434 g/mol. The van der Waals surface area contributed by atoms with E-state index in [0.29, 0.717) is 22.0 Å². The molecule has 4 aromatic rings. The van der Waals surface area contributed by atoms with Gasteiger partial charge in [0, 0.05) is 23.1 Å². The Hall–Kier alpha value is -3.98. The number of carbonyl (C=O) groups excluding carboxylic acids is 2. The van der Waals surface area contributed by atoms with Crippen LogP contribution in [-0.4, -0.2) is 21.4 Å². The van der Waals surface area contributed by atoms with Crippen molar-refractivity contribution < 1.29 is 14.0 Å². The van der Waals surface area contributed by atoms with E-state index in [1.54, 1.807) is 19.1 Å². The van der Waals surface area contributed by atoms with Gasteiger partial charge in [0.25, 0.3) is 11.5 Å². The molecule has 2 amide bonds. The Kier molecular flexibility index (Phi) is 5.26. The minimum atomic E-state index is -0.574. The van der Waals surface area contributed by atoms with Crippen molar-refractivity contribution in [2.45, 2.75) is 13.5 Å². The van der Waals surface area contributed by atoms with E-state index in [4.69, 9.17) is 16.6 Å². The van der Waals surface area contributed by atoms with Crippen LogP contribution in [0.5, 0.6) is 0 Å². The van der Waals surface area contributed by atoms with Crippen molar-refractivity contribution in [2.24, 2.45) is 0 Å². The van der Waals surface area contributed by atoms with Gasteiger partial charge < -0.3 is 9.40 Å².